The molecule has 0 spiro atoms. The summed E-state index contributed by atoms with van der Waals surface area (Å²) < 4.78 is 1.44. The van der Waals surface area contributed by atoms with Crippen LogP contribution in [0, 0.1) is 0 Å². The molecule has 0 N–H and O–H groups in total. The molecular formula is C28H54ScSi4. The number of allylic oxidation sites excluding steroid dienone is 1. The molecule has 0 aliphatic heterocycles. The van der Waals surface area contributed by atoms with Crippen molar-refractivity contribution in [2.45, 2.75) is 123 Å². The zero-order valence-corrected chi connectivity index (χ0v) is 30.8. The van der Waals surface area contributed by atoms with Gasteiger partial charge < -0.3 is 0 Å². The minimum absolute atomic E-state index is 0.357. The molecule has 1 atom stereocenters. The second-order valence-electron chi connectivity index (χ2n) is 16.1. The van der Waals surface area contributed by atoms with E-state index in [2.05, 4.69) is 137 Å². The van der Waals surface area contributed by atoms with Gasteiger partial charge in [0.15, 0.2) is 0 Å². The zero-order valence-electron chi connectivity index (χ0n) is 25.0. The van der Waals surface area contributed by atoms with E-state index in [1.165, 1.54) is 0 Å². The predicted octanol–water partition coefficient (Wildman–Crippen LogP) is 10.0. The number of rotatable bonds is 6. The zero-order chi connectivity index (χ0) is 26.1. The third-order valence-electron chi connectivity index (χ3n) is 9.79. The normalized spacial score (nSPS) is 20.6. The van der Waals surface area contributed by atoms with Crippen molar-refractivity contribution in [2.75, 3.05) is 0 Å². The molecule has 1 aliphatic rings. The Balaban J connectivity index is 3.00. The van der Waals surface area contributed by atoms with Crippen molar-refractivity contribution >= 4 is 37.5 Å². The first-order valence-electron chi connectivity index (χ1n) is 13.1. The molecule has 0 fully saturated rings. The maximum atomic E-state index is 3.00. The van der Waals surface area contributed by atoms with Crippen molar-refractivity contribution in [1.29, 1.82) is 0 Å². The molecule has 185 valence electrons. The molecule has 0 radical (unpaired) electrons. The van der Waals surface area contributed by atoms with Crippen LogP contribution < -0.4 is 0 Å². The topological polar surface area (TPSA) is 0 Å². The van der Waals surface area contributed by atoms with Crippen LogP contribution >= 0.6 is 0 Å². The van der Waals surface area contributed by atoms with Gasteiger partial charge in [-0.05, 0) is 0 Å². The fourth-order valence-corrected chi connectivity index (χ4v) is 37.9. The second-order valence-corrected chi connectivity index (χ2v) is 44.2. The van der Waals surface area contributed by atoms with Crippen LogP contribution in [-0.4, -0.2) is 32.3 Å². The number of hydrogen-bond acceptors (Lipinski definition) is 0. The van der Waals surface area contributed by atoms with Crippen molar-refractivity contribution in [3.05, 3.63) is 41.5 Å². The second kappa shape index (κ2) is 8.92. The van der Waals surface area contributed by atoms with Gasteiger partial charge in [-0.2, -0.15) is 0 Å². The fourth-order valence-electron chi connectivity index (χ4n) is 5.93. The molecule has 0 nitrogen and oxygen atoms in total. The average molecular weight is 548 g/mol. The Labute approximate surface area is 223 Å². The third-order valence-corrected chi connectivity index (χ3v) is 47.4. The van der Waals surface area contributed by atoms with Gasteiger partial charge >= 0.3 is 225 Å². The van der Waals surface area contributed by atoms with E-state index in [1.807, 2.05) is 0 Å². The Morgan fingerprint density at radius 1 is 0.697 bits per heavy atom. The van der Waals surface area contributed by atoms with E-state index in [0.717, 1.165) is 2.92 Å². The van der Waals surface area contributed by atoms with Crippen LogP contribution in [-0.2, 0) is 25.7 Å². The van der Waals surface area contributed by atoms with Crippen LogP contribution in [0.5, 0.6) is 0 Å². The summed E-state index contributed by atoms with van der Waals surface area (Å²) in [4.78, 5) is 0. The molecule has 33 heavy (non-hydrogen) atoms. The van der Waals surface area contributed by atoms with Gasteiger partial charge in [0.05, 0.1) is 0 Å². The summed E-state index contributed by atoms with van der Waals surface area (Å²) in [6.45, 7) is 42.1. The summed E-state index contributed by atoms with van der Waals surface area (Å²) in [6.07, 6.45) is 3.00. The van der Waals surface area contributed by atoms with Crippen LogP contribution in [0.2, 0.25) is 78.5 Å². The maximum absolute atomic E-state index is 3.00. The van der Waals surface area contributed by atoms with Crippen molar-refractivity contribution in [3.8, 4) is 0 Å². The van der Waals surface area contributed by atoms with Crippen molar-refractivity contribution in [1.82, 2.24) is 0 Å². The summed E-state index contributed by atoms with van der Waals surface area (Å²) in [5.74, 6) is 0. The van der Waals surface area contributed by atoms with E-state index in [1.54, 1.807) is 16.3 Å². The molecule has 0 saturated heterocycles. The summed E-state index contributed by atoms with van der Waals surface area (Å²) in [5, 5.41) is 2.52. The van der Waals surface area contributed by atoms with Crippen molar-refractivity contribution < 1.29 is 22.9 Å². The number of fused-ring (bicyclic) bond motifs is 1. The molecule has 0 aromatic heterocycles. The van der Waals surface area contributed by atoms with Crippen molar-refractivity contribution in [3.63, 3.8) is 0 Å². The molecule has 0 amide bonds. The molecule has 0 saturated carbocycles. The Morgan fingerprint density at radius 3 is 1.55 bits per heavy atom. The van der Waals surface area contributed by atoms with Gasteiger partial charge in [0.25, 0.3) is 0 Å². The average Bonchev–Trinajstić information content (AvgIpc) is 2.92. The molecule has 1 aromatic carbocycles. The van der Waals surface area contributed by atoms with Gasteiger partial charge in [0.2, 0.25) is 0 Å². The van der Waals surface area contributed by atoms with Crippen LogP contribution in [0.25, 0.3) is 5.20 Å². The first-order chi connectivity index (χ1) is 14.4. The van der Waals surface area contributed by atoms with E-state index < -0.39 is 55.2 Å². The number of benzene rings is 1. The fraction of sp³-hybridized carbons (Fsp3) is 0.714. The van der Waals surface area contributed by atoms with Crippen LogP contribution in [0.3, 0.4) is 0 Å². The molecule has 5 heteroatoms. The molecule has 2 rings (SSSR count). The van der Waals surface area contributed by atoms with Gasteiger partial charge in [-0.3, -0.25) is 0 Å². The molecular weight excluding hydrogens is 494 g/mol. The Morgan fingerprint density at radius 2 is 1.15 bits per heavy atom. The molecule has 0 bridgehead atoms. The van der Waals surface area contributed by atoms with Gasteiger partial charge in [-0.15, -0.1) is 0 Å². The predicted molar refractivity (Wildman–Crippen MR) is 161 cm³/mol. The Bertz CT molecular complexity index is 888. The van der Waals surface area contributed by atoms with Gasteiger partial charge in [-0.25, -0.2) is 0 Å². The van der Waals surface area contributed by atoms with Crippen molar-refractivity contribution in [2.24, 2.45) is 0 Å². The minimum atomic E-state index is -1.71. The van der Waals surface area contributed by atoms with E-state index in [0.29, 0.717) is 12.9 Å². The summed E-state index contributed by atoms with van der Waals surface area (Å²) in [7, 11) is -5.90. The SMILES string of the molecule is CC(C)(C)[Si](C)(C)C1=C[C]([Sc][CH]([Si](C)(C)C)[Si](C)(C)C)([Si](C)(C)C(C)(C)C)c2ccccc21. The molecule has 1 unspecified atom stereocenters. The third kappa shape index (κ3) is 5.24. The van der Waals surface area contributed by atoms with E-state index in [4.69, 9.17) is 0 Å². The molecule has 1 aliphatic carbocycles. The molecule has 0 heterocycles. The van der Waals surface area contributed by atoms with Gasteiger partial charge in [0, 0.05) is 0 Å². The number of hydrogen-bond donors (Lipinski definition) is 0. The standard InChI is InChI=1S/C21H35Si2.C7H19Si2.Sc/c1-20(2,3)22(7,8)18-15-19(23(9,10)21(4,5)6)17-14-12-11-13-16(17)18;1-8(2,3)7-9(4,5)6;/h11-15H,1-10H3;7H,1-6H3;. The quantitative estimate of drug-likeness (QED) is 0.311. The van der Waals surface area contributed by atoms with Gasteiger partial charge in [0.1, 0.15) is 0 Å². The monoisotopic (exact) mass is 547 g/mol. The Kier molecular flexibility index (Phi) is 8.09. The Hall–Kier alpha value is 0.698. The first-order valence-corrected chi connectivity index (χ1v) is 28.2. The van der Waals surface area contributed by atoms with Crippen LogP contribution in [0.1, 0.15) is 52.7 Å². The van der Waals surface area contributed by atoms with E-state index in [-0.39, 0.29) is 0 Å². The van der Waals surface area contributed by atoms with E-state index >= 15 is 0 Å². The summed E-state index contributed by atoms with van der Waals surface area (Å²) in [6, 6.07) is 9.76. The van der Waals surface area contributed by atoms with Gasteiger partial charge in [-0.1, -0.05) is 0 Å². The molecule has 1 aromatic rings. The van der Waals surface area contributed by atoms with E-state index in [9.17, 15) is 0 Å². The summed E-state index contributed by atoms with van der Waals surface area (Å²) in [5.41, 5.74) is 3.41. The first kappa shape index (κ1) is 29.9. The van der Waals surface area contributed by atoms with Crippen LogP contribution in [0.15, 0.2) is 30.3 Å². The summed E-state index contributed by atoms with van der Waals surface area (Å²) >= 11 is -0.632. The van der Waals surface area contributed by atoms with Crippen LogP contribution in [0.4, 0.5) is 0 Å².